The van der Waals surface area contributed by atoms with E-state index >= 15 is 0 Å². The molecule has 0 heterocycles. The first-order valence-electron chi connectivity index (χ1n) is 5.36. The molecular formula is C11H17NaO. The zero-order chi connectivity index (χ0) is 8.34. The van der Waals surface area contributed by atoms with E-state index in [1.165, 1.54) is 32.1 Å². The van der Waals surface area contributed by atoms with E-state index in [1.807, 2.05) is 6.92 Å². The van der Waals surface area contributed by atoms with Gasteiger partial charge in [0.15, 0.2) is 0 Å². The van der Waals surface area contributed by atoms with Crippen molar-refractivity contribution in [2.24, 2.45) is 23.7 Å². The van der Waals surface area contributed by atoms with Gasteiger partial charge in [-0.1, -0.05) is 18.8 Å². The third-order valence-corrected chi connectivity index (χ3v) is 4.76. The van der Waals surface area contributed by atoms with E-state index in [-0.39, 0.29) is 29.6 Å². The fourth-order valence-corrected chi connectivity index (χ4v) is 4.12. The van der Waals surface area contributed by atoms with Gasteiger partial charge in [0.2, 0.25) is 0 Å². The van der Waals surface area contributed by atoms with Gasteiger partial charge in [-0.15, -0.1) is 5.60 Å². The van der Waals surface area contributed by atoms with Crippen LogP contribution < -0.4 is 34.7 Å². The maximum absolute atomic E-state index is 12.2. The minimum atomic E-state index is -0.548. The summed E-state index contributed by atoms with van der Waals surface area (Å²) in [6, 6.07) is 0. The molecule has 0 aliphatic heterocycles. The Morgan fingerprint density at radius 2 is 1.31 bits per heavy atom. The van der Waals surface area contributed by atoms with Crippen LogP contribution in [0.5, 0.6) is 0 Å². The van der Waals surface area contributed by atoms with Gasteiger partial charge >= 0.3 is 29.6 Å². The van der Waals surface area contributed by atoms with E-state index in [2.05, 4.69) is 0 Å². The third kappa shape index (κ3) is 1.43. The molecule has 0 unspecified atom stereocenters. The first-order valence-corrected chi connectivity index (χ1v) is 5.36. The Morgan fingerprint density at radius 1 is 0.923 bits per heavy atom. The van der Waals surface area contributed by atoms with E-state index < -0.39 is 5.60 Å². The van der Waals surface area contributed by atoms with Gasteiger partial charge in [0.25, 0.3) is 0 Å². The Labute approximate surface area is 103 Å². The molecule has 0 amide bonds. The number of hydrogen-bond acceptors (Lipinski definition) is 1. The molecule has 4 rings (SSSR count). The topological polar surface area (TPSA) is 23.1 Å². The van der Waals surface area contributed by atoms with Crippen molar-refractivity contribution in [3.8, 4) is 0 Å². The molecule has 0 aromatic heterocycles. The van der Waals surface area contributed by atoms with Crippen molar-refractivity contribution in [3.63, 3.8) is 0 Å². The van der Waals surface area contributed by atoms with Crippen LogP contribution in [0.4, 0.5) is 0 Å². The van der Waals surface area contributed by atoms with Gasteiger partial charge < -0.3 is 5.11 Å². The molecule has 13 heavy (non-hydrogen) atoms. The van der Waals surface area contributed by atoms with E-state index in [9.17, 15) is 5.11 Å². The van der Waals surface area contributed by atoms with Crippen LogP contribution in [0.2, 0.25) is 0 Å². The summed E-state index contributed by atoms with van der Waals surface area (Å²) in [7, 11) is 0. The molecule has 2 heteroatoms. The first kappa shape index (κ1) is 10.5. The van der Waals surface area contributed by atoms with Crippen molar-refractivity contribution in [2.45, 2.75) is 44.6 Å². The molecule has 0 N–H and O–H groups in total. The van der Waals surface area contributed by atoms with Crippen molar-refractivity contribution >= 4 is 0 Å². The minimum Gasteiger partial charge on any atom is -0.849 e. The Kier molecular flexibility index (Phi) is 2.60. The van der Waals surface area contributed by atoms with Crippen molar-refractivity contribution in [2.75, 3.05) is 0 Å². The van der Waals surface area contributed by atoms with Crippen LogP contribution in [-0.2, 0) is 0 Å². The second kappa shape index (κ2) is 3.23. The van der Waals surface area contributed by atoms with Gasteiger partial charge in [-0.05, 0) is 43.9 Å². The van der Waals surface area contributed by atoms with Crippen LogP contribution in [-0.4, -0.2) is 5.60 Å². The van der Waals surface area contributed by atoms with Gasteiger partial charge in [0, 0.05) is 0 Å². The Hall–Kier alpha value is 0.960. The molecule has 0 atom stereocenters. The fourth-order valence-electron chi connectivity index (χ4n) is 4.12. The zero-order valence-corrected chi connectivity index (χ0v) is 10.8. The van der Waals surface area contributed by atoms with Crippen LogP contribution in [0.1, 0.15) is 39.0 Å². The maximum Gasteiger partial charge on any atom is 1.00 e. The quantitative estimate of drug-likeness (QED) is 0.427. The van der Waals surface area contributed by atoms with Crippen LogP contribution in [0, 0.1) is 23.7 Å². The second-order valence-electron chi connectivity index (χ2n) is 5.49. The monoisotopic (exact) mass is 188 g/mol. The summed E-state index contributed by atoms with van der Waals surface area (Å²) < 4.78 is 0. The molecular weight excluding hydrogens is 171 g/mol. The van der Waals surface area contributed by atoms with Crippen molar-refractivity contribution < 1.29 is 34.7 Å². The van der Waals surface area contributed by atoms with Crippen LogP contribution in [0.3, 0.4) is 0 Å². The standard InChI is InChI=1S/C11H17O.Na/c1-11(12)9-3-7-2-8(5-9)6-10(11)4-7;/h7-10H,2-6H2,1H3;/q-1;+1. The fraction of sp³-hybridized carbons (Fsp3) is 1.00. The smallest absolute Gasteiger partial charge is 0.849 e. The summed E-state index contributed by atoms with van der Waals surface area (Å²) in [5, 5.41) is 12.2. The van der Waals surface area contributed by atoms with Crippen LogP contribution in [0.15, 0.2) is 0 Å². The molecule has 0 saturated heterocycles. The summed E-state index contributed by atoms with van der Waals surface area (Å²) in [4.78, 5) is 0. The van der Waals surface area contributed by atoms with Gasteiger partial charge in [-0.2, -0.15) is 0 Å². The summed E-state index contributed by atoms with van der Waals surface area (Å²) in [6.45, 7) is 1.97. The second-order valence-corrected chi connectivity index (χ2v) is 5.49. The van der Waals surface area contributed by atoms with Gasteiger partial charge in [-0.3, -0.25) is 0 Å². The Bertz CT molecular complexity index is 182. The van der Waals surface area contributed by atoms with Crippen LogP contribution in [0.25, 0.3) is 0 Å². The summed E-state index contributed by atoms with van der Waals surface area (Å²) in [6.07, 6.45) is 6.48. The van der Waals surface area contributed by atoms with Gasteiger partial charge in [0.1, 0.15) is 0 Å². The SMILES string of the molecule is CC1([O-])C2CC3CC(C2)CC1C3.[Na+]. The average molecular weight is 188 g/mol. The molecule has 0 radical (unpaired) electrons. The summed E-state index contributed by atoms with van der Waals surface area (Å²) >= 11 is 0. The third-order valence-electron chi connectivity index (χ3n) is 4.76. The van der Waals surface area contributed by atoms with Crippen molar-refractivity contribution in [1.82, 2.24) is 0 Å². The Balaban J connectivity index is 0.000000653. The van der Waals surface area contributed by atoms with Crippen molar-refractivity contribution in [3.05, 3.63) is 0 Å². The van der Waals surface area contributed by atoms with E-state index in [0.717, 1.165) is 11.8 Å². The minimum absolute atomic E-state index is 0. The van der Waals surface area contributed by atoms with E-state index in [1.54, 1.807) is 0 Å². The molecule has 4 saturated carbocycles. The summed E-state index contributed by atoms with van der Waals surface area (Å²) in [5.74, 6) is 2.95. The average Bonchev–Trinajstić information content (AvgIpc) is 1.99. The predicted octanol–water partition coefficient (Wildman–Crippen LogP) is -1.43. The van der Waals surface area contributed by atoms with Crippen molar-refractivity contribution in [1.29, 1.82) is 0 Å². The Morgan fingerprint density at radius 3 is 1.69 bits per heavy atom. The molecule has 4 fully saturated rings. The molecule has 1 nitrogen and oxygen atoms in total. The molecule has 4 aliphatic carbocycles. The number of hydrogen-bond donors (Lipinski definition) is 0. The molecule has 0 spiro atoms. The normalized spacial score (nSPS) is 57.7. The largest absolute Gasteiger partial charge is 1.00 e. The van der Waals surface area contributed by atoms with Gasteiger partial charge in [0.05, 0.1) is 0 Å². The predicted molar refractivity (Wildman–Crippen MR) is 45.5 cm³/mol. The molecule has 4 bridgehead atoms. The number of rotatable bonds is 0. The van der Waals surface area contributed by atoms with E-state index in [0.29, 0.717) is 11.8 Å². The molecule has 0 aromatic rings. The van der Waals surface area contributed by atoms with Crippen LogP contribution >= 0.6 is 0 Å². The first-order chi connectivity index (χ1) is 5.66. The molecule has 4 aliphatic rings. The molecule has 68 valence electrons. The molecule has 0 aromatic carbocycles. The van der Waals surface area contributed by atoms with Gasteiger partial charge in [-0.25, -0.2) is 0 Å². The van der Waals surface area contributed by atoms with E-state index in [4.69, 9.17) is 0 Å². The maximum atomic E-state index is 12.2. The zero-order valence-electron chi connectivity index (χ0n) is 8.75. The summed E-state index contributed by atoms with van der Waals surface area (Å²) in [5.41, 5.74) is -0.548.